The van der Waals surface area contributed by atoms with Gasteiger partial charge in [-0.2, -0.15) is 5.26 Å². The maximum absolute atomic E-state index is 13.7. The largest absolute Gasteiger partial charge is 0.364 e. The molecule has 0 N–H and O–H groups in total. The number of benzene rings is 1. The monoisotopic (exact) mass is 499 g/mol. The van der Waals surface area contributed by atoms with Crippen LogP contribution in [0.3, 0.4) is 0 Å². The Morgan fingerprint density at radius 1 is 1.22 bits per heavy atom. The smallest absolute Gasteiger partial charge is 0.271 e. The number of fused-ring (bicyclic) bond motifs is 1. The zero-order valence-corrected chi connectivity index (χ0v) is 20.5. The van der Waals surface area contributed by atoms with Crippen molar-refractivity contribution >= 4 is 34.1 Å². The normalized spacial score (nSPS) is 17.0. The first-order chi connectivity index (χ1) is 17.4. The average molecular weight is 500 g/mol. The van der Waals surface area contributed by atoms with Crippen LogP contribution in [0.1, 0.15) is 29.7 Å². The number of rotatable bonds is 4. The third-order valence-corrected chi connectivity index (χ3v) is 7.31. The van der Waals surface area contributed by atoms with E-state index in [9.17, 15) is 14.4 Å². The number of hydrogen-bond donors (Lipinski definition) is 0. The van der Waals surface area contributed by atoms with Gasteiger partial charge >= 0.3 is 0 Å². The van der Waals surface area contributed by atoms with Gasteiger partial charge in [0.05, 0.1) is 11.6 Å². The third kappa shape index (κ3) is 4.01. The SMILES string of the molecule is [C-]#[N+]c1ccc2c(n1)c(N1CCN(C(c3ccc(F)cc3)c3cnsc3)[C@H](C)C1)c(C#N)c(=O)n2C. The number of halogens is 1. The number of hydrogen-bond acceptors (Lipinski definition) is 7. The predicted octanol–water partition coefficient (Wildman–Crippen LogP) is 4.25. The molecule has 0 aliphatic carbocycles. The molecule has 0 bridgehead atoms. The molecule has 10 heteroatoms. The molecule has 0 saturated carbocycles. The molecule has 5 rings (SSSR count). The van der Waals surface area contributed by atoms with Crippen molar-refractivity contribution in [3.8, 4) is 6.07 Å². The summed E-state index contributed by atoms with van der Waals surface area (Å²) in [5.74, 6) is -0.0778. The molecule has 2 atom stereocenters. The fraction of sp³-hybridized carbons (Fsp3) is 0.269. The van der Waals surface area contributed by atoms with E-state index in [0.29, 0.717) is 36.4 Å². The van der Waals surface area contributed by atoms with Crippen LogP contribution in [-0.4, -0.2) is 44.5 Å². The minimum Gasteiger partial charge on any atom is -0.364 e. The molecule has 8 nitrogen and oxygen atoms in total. The number of anilines is 1. The Labute approximate surface area is 211 Å². The van der Waals surface area contributed by atoms with Crippen molar-refractivity contribution in [1.29, 1.82) is 5.26 Å². The van der Waals surface area contributed by atoms with Crippen molar-refractivity contribution in [2.24, 2.45) is 7.05 Å². The van der Waals surface area contributed by atoms with E-state index < -0.39 is 0 Å². The Bertz CT molecular complexity index is 1570. The second-order valence-electron chi connectivity index (χ2n) is 8.79. The lowest BCUT2D eigenvalue weighted by Gasteiger charge is -2.44. The molecule has 180 valence electrons. The fourth-order valence-electron chi connectivity index (χ4n) is 4.98. The van der Waals surface area contributed by atoms with Crippen molar-refractivity contribution in [3.63, 3.8) is 0 Å². The first-order valence-electron chi connectivity index (χ1n) is 11.4. The molecule has 4 aromatic rings. The van der Waals surface area contributed by atoms with Gasteiger partial charge in [-0.3, -0.25) is 9.69 Å². The maximum Gasteiger partial charge on any atom is 0.271 e. The number of aryl methyl sites for hydroxylation is 1. The number of nitriles is 1. The molecule has 36 heavy (non-hydrogen) atoms. The van der Waals surface area contributed by atoms with Crippen molar-refractivity contribution in [1.82, 2.24) is 18.8 Å². The van der Waals surface area contributed by atoms with Crippen LogP contribution < -0.4 is 10.5 Å². The Morgan fingerprint density at radius 3 is 2.64 bits per heavy atom. The highest BCUT2D eigenvalue weighted by molar-refractivity contribution is 7.03. The van der Waals surface area contributed by atoms with Gasteiger partial charge in [0.2, 0.25) is 5.52 Å². The van der Waals surface area contributed by atoms with E-state index in [1.54, 1.807) is 31.3 Å². The molecule has 1 fully saturated rings. The van der Waals surface area contributed by atoms with Gasteiger partial charge in [-0.15, -0.1) is 4.98 Å². The molecule has 1 aliphatic heterocycles. The Kier molecular flexibility index (Phi) is 6.23. The molecule has 0 radical (unpaired) electrons. The van der Waals surface area contributed by atoms with Gasteiger partial charge in [0.1, 0.15) is 23.1 Å². The summed E-state index contributed by atoms with van der Waals surface area (Å²) in [5.41, 5.74) is 3.16. The van der Waals surface area contributed by atoms with E-state index >= 15 is 0 Å². The quantitative estimate of drug-likeness (QED) is 0.391. The number of piperazine rings is 1. The van der Waals surface area contributed by atoms with Crippen molar-refractivity contribution in [2.45, 2.75) is 19.0 Å². The van der Waals surface area contributed by atoms with Crippen molar-refractivity contribution in [2.75, 3.05) is 24.5 Å². The highest BCUT2D eigenvalue weighted by Gasteiger charge is 2.34. The molecule has 0 spiro atoms. The zero-order chi connectivity index (χ0) is 25.4. The van der Waals surface area contributed by atoms with Gasteiger partial charge in [0, 0.05) is 49.9 Å². The summed E-state index contributed by atoms with van der Waals surface area (Å²) >= 11 is 1.37. The van der Waals surface area contributed by atoms with Crippen LogP contribution in [0, 0.1) is 23.7 Å². The lowest BCUT2D eigenvalue weighted by molar-refractivity contribution is 0.150. The third-order valence-electron chi connectivity index (χ3n) is 6.71. The summed E-state index contributed by atoms with van der Waals surface area (Å²) in [4.78, 5) is 25.3. The van der Waals surface area contributed by atoms with E-state index in [-0.39, 0.29) is 34.8 Å². The first-order valence-corrected chi connectivity index (χ1v) is 12.2. The molecule has 1 aromatic carbocycles. The summed E-state index contributed by atoms with van der Waals surface area (Å²) in [6, 6.07) is 11.8. The topological polar surface area (TPSA) is 82.4 Å². The van der Waals surface area contributed by atoms with Crippen LogP contribution in [0.15, 0.2) is 52.8 Å². The second-order valence-corrected chi connectivity index (χ2v) is 9.45. The van der Waals surface area contributed by atoms with Gasteiger partial charge in [0.25, 0.3) is 11.4 Å². The number of pyridine rings is 2. The fourth-order valence-corrected chi connectivity index (χ4v) is 5.54. The molecular formula is C26H22FN7OS. The average Bonchev–Trinajstić information content (AvgIpc) is 3.42. The second kappa shape index (κ2) is 9.50. The standard InChI is InChI=1S/C26H22FN7OS/c1-16-14-33(25-20(12-28)26(35)32(3)21-8-9-22(29-2)31-23(21)25)10-11-34(16)24(18-13-30-36-15-18)17-4-6-19(27)7-5-17/h4-9,13,15-16,24H,10-11,14H2,1,3H3/t16-,24?/m1/s1. The van der Waals surface area contributed by atoms with Crippen LogP contribution >= 0.6 is 11.5 Å². The summed E-state index contributed by atoms with van der Waals surface area (Å²) in [6.45, 7) is 11.2. The predicted molar refractivity (Wildman–Crippen MR) is 137 cm³/mol. The Balaban J connectivity index is 1.56. The first kappa shape index (κ1) is 23.6. The molecular weight excluding hydrogens is 477 g/mol. The molecule has 1 aliphatic rings. The van der Waals surface area contributed by atoms with E-state index in [2.05, 4.69) is 32.1 Å². The van der Waals surface area contributed by atoms with E-state index in [0.717, 1.165) is 11.1 Å². The van der Waals surface area contributed by atoms with Crippen LogP contribution in [-0.2, 0) is 7.05 Å². The zero-order valence-electron chi connectivity index (χ0n) is 19.7. The molecule has 0 amide bonds. The van der Waals surface area contributed by atoms with Gasteiger partial charge in [0.15, 0.2) is 0 Å². The Hall–Kier alpha value is -4.12. The maximum atomic E-state index is 13.7. The van der Waals surface area contributed by atoms with E-state index in [4.69, 9.17) is 6.57 Å². The van der Waals surface area contributed by atoms with Gasteiger partial charge in [-0.25, -0.2) is 8.76 Å². The molecule has 3 aromatic heterocycles. The molecule has 1 saturated heterocycles. The van der Waals surface area contributed by atoms with Crippen LogP contribution in [0.25, 0.3) is 15.9 Å². The van der Waals surface area contributed by atoms with Crippen LogP contribution in [0.2, 0.25) is 0 Å². The summed E-state index contributed by atoms with van der Waals surface area (Å²) in [7, 11) is 1.61. The van der Waals surface area contributed by atoms with Crippen LogP contribution in [0.4, 0.5) is 15.9 Å². The summed E-state index contributed by atoms with van der Waals surface area (Å²) in [5, 5.41) is 11.9. The van der Waals surface area contributed by atoms with Crippen molar-refractivity contribution < 1.29 is 4.39 Å². The number of aromatic nitrogens is 3. The molecule has 4 heterocycles. The Morgan fingerprint density at radius 2 is 2.00 bits per heavy atom. The minimum absolute atomic E-state index is 0.0170. The lowest BCUT2D eigenvalue weighted by atomic mass is 9.96. The highest BCUT2D eigenvalue weighted by atomic mass is 32.1. The van der Waals surface area contributed by atoms with Gasteiger partial charge in [-0.05, 0) is 48.3 Å². The molecule has 1 unspecified atom stereocenters. The highest BCUT2D eigenvalue weighted by Crippen LogP contribution is 2.35. The van der Waals surface area contributed by atoms with Gasteiger partial charge in [-0.1, -0.05) is 18.7 Å². The summed E-state index contributed by atoms with van der Waals surface area (Å²) < 4.78 is 19.3. The number of nitrogens with zero attached hydrogens (tertiary/aromatic N) is 7. The lowest BCUT2D eigenvalue weighted by Crippen LogP contribution is -2.53. The van der Waals surface area contributed by atoms with E-state index in [1.165, 1.54) is 28.2 Å². The van der Waals surface area contributed by atoms with Crippen LogP contribution in [0.5, 0.6) is 0 Å². The summed E-state index contributed by atoms with van der Waals surface area (Å²) in [6.07, 6.45) is 1.84. The minimum atomic E-state index is -0.388. The van der Waals surface area contributed by atoms with Gasteiger partial charge < -0.3 is 14.3 Å². The van der Waals surface area contributed by atoms with E-state index in [1.807, 2.05) is 16.5 Å². The van der Waals surface area contributed by atoms with Crippen molar-refractivity contribution in [3.05, 3.63) is 92.3 Å².